The van der Waals surface area contributed by atoms with Crippen molar-refractivity contribution in [3.63, 3.8) is 0 Å². The summed E-state index contributed by atoms with van der Waals surface area (Å²) in [4.78, 5) is 13.0. The Labute approximate surface area is 104 Å². The molecule has 0 saturated carbocycles. The summed E-state index contributed by atoms with van der Waals surface area (Å²) in [5, 5.41) is 0. The number of anilines is 1. The van der Waals surface area contributed by atoms with Gasteiger partial charge in [-0.2, -0.15) is 0 Å². The predicted octanol–water partition coefficient (Wildman–Crippen LogP) is 1.99. The van der Waals surface area contributed by atoms with E-state index in [0.29, 0.717) is 17.3 Å². The fraction of sp³-hybridized carbons (Fsp3) is 0.154. The molecule has 18 heavy (non-hydrogen) atoms. The van der Waals surface area contributed by atoms with Gasteiger partial charge in [-0.25, -0.2) is 15.0 Å². The van der Waals surface area contributed by atoms with Crippen molar-refractivity contribution in [2.75, 3.05) is 5.73 Å². The molecule has 3 aromatic rings. The Morgan fingerprint density at radius 3 is 2.67 bits per heavy atom. The molecule has 2 N–H and O–H groups in total. The molecular weight excluding hydrogens is 226 g/mol. The van der Waals surface area contributed by atoms with Crippen molar-refractivity contribution >= 4 is 11.5 Å². The largest absolute Gasteiger partial charge is 0.383 e. The molecule has 0 aliphatic heterocycles. The average molecular weight is 239 g/mol. The molecule has 5 heteroatoms. The molecule has 3 rings (SSSR count). The van der Waals surface area contributed by atoms with Crippen LogP contribution in [-0.2, 0) is 0 Å². The maximum atomic E-state index is 6.16. The van der Waals surface area contributed by atoms with Crippen LogP contribution in [0.4, 0.5) is 5.82 Å². The van der Waals surface area contributed by atoms with Crippen LogP contribution in [0.1, 0.15) is 11.5 Å². The summed E-state index contributed by atoms with van der Waals surface area (Å²) in [6, 6.07) is 7.72. The standard InChI is InChI=1S/C13H13N5/c1-8-4-3-5-11-17-12(13(14)18(8)11)10-6-7-15-9(2)16-10/h3-7H,14H2,1-2H3. The summed E-state index contributed by atoms with van der Waals surface area (Å²) in [5.41, 5.74) is 9.50. The molecule has 0 amide bonds. The van der Waals surface area contributed by atoms with Gasteiger partial charge in [-0.15, -0.1) is 0 Å². The van der Waals surface area contributed by atoms with Gasteiger partial charge in [-0.3, -0.25) is 4.40 Å². The Bertz CT molecular complexity index is 729. The summed E-state index contributed by atoms with van der Waals surface area (Å²) in [6.07, 6.45) is 1.72. The zero-order valence-electron chi connectivity index (χ0n) is 10.3. The Hall–Kier alpha value is -2.43. The Morgan fingerprint density at radius 2 is 1.94 bits per heavy atom. The molecule has 0 radical (unpaired) electrons. The van der Waals surface area contributed by atoms with Crippen molar-refractivity contribution in [3.05, 3.63) is 42.0 Å². The van der Waals surface area contributed by atoms with Gasteiger partial charge in [0.1, 0.15) is 23.0 Å². The molecule has 0 bridgehead atoms. The molecule has 0 unspecified atom stereocenters. The first-order valence-electron chi connectivity index (χ1n) is 5.70. The Morgan fingerprint density at radius 1 is 1.11 bits per heavy atom. The van der Waals surface area contributed by atoms with E-state index in [1.165, 1.54) is 0 Å². The second-order valence-corrected chi connectivity index (χ2v) is 4.20. The highest BCUT2D eigenvalue weighted by Gasteiger charge is 2.13. The lowest BCUT2D eigenvalue weighted by Gasteiger charge is -2.01. The molecule has 5 nitrogen and oxygen atoms in total. The molecule has 3 aromatic heterocycles. The fourth-order valence-corrected chi connectivity index (χ4v) is 2.06. The number of nitrogens with zero attached hydrogens (tertiary/aromatic N) is 4. The minimum Gasteiger partial charge on any atom is -0.383 e. The molecule has 0 spiro atoms. The van der Waals surface area contributed by atoms with Gasteiger partial charge in [0, 0.05) is 11.9 Å². The number of hydrogen-bond acceptors (Lipinski definition) is 4. The minimum absolute atomic E-state index is 0.612. The van der Waals surface area contributed by atoms with Crippen molar-refractivity contribution in [2.45, 2.75) is 13.8 Å². The van der Waals surface area contributed by atoms with Crippen LogP contribution in [0.15, 0.2) is 30.5 Å². The van der Waals surface area contributed by atoms with Gasteiger partial charge in [-0.05, 0) is 32.0 Å². The number of pyridine rings is 1. The van der Waals surface area contributed by atoms with E-state index in [4.69, 9.17) is 5.73 Å². The molecule has 3 heterocycles. The molecule has 0 aromatic carbocycles. The summed E-state index contributed by atoms with van der Waals surface area (Å²) in [7, 11) is 0. The topological polar surface area (TPSA) is 69.1 Å². The maximum Gasteiger partial charge on any atom is 0.139 e. The highest BCUT2D eigenvalue weighted by Crippen LogP contribution is 2.25. The highest BCUT2D eigenvalue weighted by atomic mass is 15.1. The Kier molecular flexibility index (Phi) is 2.26. The normalized spacial score (nSPS) is 11.0. The van der Waals surface area contributed by atoms with Crippen LogP contribution < -0.4 is 5.73 Å². The van der Waals surface area contributed by atoms with E-state index in [1.54, 1.807) is 6.20 Å². The molecule has 90 valence electrons. The second-order valence-electron chi connectivity index (χ2n) is 4.20. The highest BCUT2D eigenvalue weighted by molar-refractivity contribution is 5.72. The van der Waals surface area contributed by atoms with Gasteiger partial charge in [0.25, 0.3) is 0 Å². The summed E-state index contributed by atoms with van der Waals surface area (Å²) in [6.45, 7) is 3.85. The second kappa shape index (κ2) is 3.80. The van der Waals surface area contributed by atoms with Crippen LogP contribution in [0, 0.1) is 13.8 Å². The van der Waals surface area contributed by atoms with Gasteiger partial charge in [-0.1, -0.05) is 6.07 Å². The van der Waals surface area contributed by atoms with E-state index in [0.717, 1.165) is 17.0 Å². The van der Waals surface area contributed by atoms with Crippen molar-refractivity contribution < 1.29 is 0 Å². The van der Waals surface area contributed by atoms with E-state index < -0.39 is 0 Å². The molecule has 0 saturated heterocycles. The molecular formula is C13H13N5. The lowest BCUT2D eigenvalue weighted by molar-refractivity contribution is 1.05. The number of aromatic nitrogens is 4. The van der Waals surface area contributed by atoms with Crippen molar-refractivity contribution in [3.8, 4) is 11.4 Å². The summed E-state index contributed by atoms with van der Waals surface area (Å²) >= 11 is 0. The average Bonchev–Trinajstić information content (AvgIpc) is 2.68. The van der Waals surface area contributed by atoms with E-state index in [-0.39, 0.29) is 0 Å². The van der Waals surface area contributed by atoms with Crippen LogP contribution in [0.25, 0.3) is 17.0 Å². The number of aryl methyl sites for hydroxylation is 2. The number of fused-ring (bicyclic) bond motifs is 1. The molecule has 0 aliphatic rings. The third-order valence-corrected chi connectivity index (χ3v) is 2.89. The predicted molar refractivity (Wildman–Crippen MR) is 70.1 cm³/mol. The van der Waals surface area contributed by atoms with Crippen LogP contribution >= 0.6 is 0 Å². The number of hydrogen-bond donors (Lipinski definition) is 1. The third kappa shape index (κ3) is 1.52. The molecule has 0 atom stereocenters. The SMILES string of the molecule is Cc1nccc(-c2nc3cccc(C)n3c2N)n1. The fourth-order valence-electron chi connectivity index (χ4n) is 2.06. The van der Waals surface area contributed by atoms with E-state index in [9.17, 15) is 0 Å². The van der Waals surface area contributed by atoms with E-state index in [2.05, 4.69) is 15.0 Å². The molecule has 0 aliphatic carbocycles. The third-order valence-electron chi connectivity index (χ3n) is 2.89. The minimum atomic E-state index is 0.612. The van der Waals surface area contributed by atoms with Crippen molar-refractivity contribution in [1.29, 1.82) is 0 Å². The zero-order valence-corrected chi connectivity index (χ0v) is 10.3. The smallest absolute Gasteiger partial charge is 0.139 e. The van der Waals surface area contributed by atoms with Crippen LogP contribution in [0.5, 0.6) is 0 Å². The van der Waals surface area contributed by atoms with E-state index in [1.807, 2.05) is 42.5 Å². The van der Waals surface area contributed by atoms with Crippen molar-refractivity contribution in [1.82, 2.24) is 19.4 Å². The zero-order chi connectivity index (χ0) is 12.7. The van der Waals surface area contributed by atoms with Gasteiger partial charge in [0.15, 0.2) is 0 Å². The Balaban J connectivity index is 2.31. The van der Waals surface area contributed by atoms with Gasteiger partial charge < -0.3 is 5.73 Å². The van der Waals surface area contributed by atoms with E-state index >= 15 is 0 Å². The first-order valence-corrected chi connectivity index (χ1v) is 5.70. The maximum absolute atomic E-state index is 6.16. The summed E-state index contributed by atoms with van der Waals surface area (Å²) < 4.78 is 1.92. The lowest BCUT2D eigenvalue weighted by Crippen LogP contribution is -1.98. The van der Waals surface area contributed by atoms with Crippen molar-refractivity contribution in [2.24, 2.45) is 0 Å². The van der Waals surface area contributed by atoms with Gasteiger partial charge >= 0.3 is 0 Å². The number of nitrogens with two attached hydrogens (primary N) is 1. The summed E-state index contributed by atoms with van der Waals surface area (Å²) in [5.74, 6) is 1.32. The number of nitrogen functional groups attached to an aromatic ring is 1. The number of rotatable bonds is 1. The number of imidazole rings is 1. The molecule has 0 fully saturated rings. The van der Waals surface area contributed by atoms with Gasteiger partial charge in [0.2, 0.25) is 0 Å². The van der Waals surface area contributed by atoms with Crippen LogP contribution in [0.3, 0.4) is 0 Å². The first-order chi connectivity index (χ1) is 8.66. The quantitative estimate of drug-likeness (QED) is 0.705. The van der Waals surface area contributed by atoms with Crippen LogP contribution in [0.2, 0.25) is 0 Å². The first kappa shape index (κ1) is 10.7. The van der Waals surface area contributed by atoms with Gasteiger partial charge in [0.05, 0.1) is 5.69 Å². The van der Waals surface area contributed by atoms with Crippen LogP contribution in [-0.4, -0.2) is 19.4 Å². The monoisotopic (exact) mass is 239 g/mol. The lowest BCUT2D eigenvalue weighted by atomic mass is 10.3.